The Hall–Kier alpha value is -2.28. The van der Waals surface area contributed by atoms with Gasteiger partial charge in [-0.15, -0.1) is 4.91 Å². The summed E-state index contributed by atoms with van der Waals surface area (Å²) in [7, 11) is 0. The van der Waals surface area contributed by atoms with Gasteiger partial charge in [0, 0.05) is 27.4 Å². The molecule has 0 radical (unpaired) electrons. The summed E-state index contributed by atoms with van der Waals surface area (Å²) < 4.78 is 5.48. The lowest BCUT2D eigenvalue weighted by atomic mass is 9.78. The maximum atomic E-state index is 13.4. The molecule has 0 aromatic heterocycles. The number of benzene rings is 2. The summed E-state index contributed by atoms with van der Waals surface area (Å²) in [5.41, 5.74) is 1.41. The van der Waals surface area contributed by atoms with Gasteiger partial charge in [0.2, 0.25) is 0 Å². The third kappa shape index (κ3) is 3.11. The maximum Gasteiger partial charge on any atom is 0.296 e. The molecule has 0 bridgehead atoms. The second-order valence-electron chi connectivity index (χ2n) is 6.83. The van der Waals surface area contributed by atoms with Crippen LogP contribution in [-0.2, 0) is 9.53 Å². The summed E-state index contributed by atoms with van der Waals surface area (Å²) in [4.78, 5) is 38.9. The number of rotatable bonds is 3. The lowest BCUT2D eigenvalue weighted by Crippen LogP contribution is -2.50. The van der Waals surface area contributed by atoms with Crippen molar-refractivity contribution >= 4 is 35.0 Å². The maximum absolute atomic E-state index is 13.4. The first-order chi connectivity index (χ1) is 13.5. The van der Waals surface area contributed by atoms with Crippen LogP contribution < -0.4 is 0 Å². The van der Waals surface area contributed by atoms with E-state index in [2.05, 4.69) is 5.18 Å². The fraction of sp³-hybridized carbons (Fsp3) is 0.300. The monoisotopic (exact) mass is 418 g/mol. The Balaban J connectivity index is 1.96. The van der Waals surface area contributed by atoms with Crippen molar-refractivity contribution in [2.75, 3.05) is 13.2 Å². The topological polar surface area (TPSA) is 76.0 Å². The van der Waals surface area contributed by atoms with E-state index >= 15 is 0 Å². The number of hydrogen-bond acceptors (Lipinski definition) is 4. The van der Waals surface area contributed by atoms with Crippen LogP contribution in [0, 0.1) is 4.91 Å². The molecule has 28 heavy (non-hydrogen) atoms. The summed E-state index contributed by atoms with van der Waals surface area (Å²) in [6.07, 6.45) is 0.630. The largest absolute Gasteiger partial charge is 0.379 e. The van der Waals surface area contributed by atoms with Crippen molar-refractivity contribution in [3.05, 3.63) is 74.1 Å². The number of amides is 2. The van der Waals surface area contributed by atoms with Gasteiger partial charge in [0.05, 0.1) is 24.6 Å². The molecular formula is C20H16Cl2N2O4. The third-order valence-electron chi connectivity index (χ3n) is 5.31. The van der Waals surface area contributed by atoms with Gasteiger partial charge in [0.15, 0.2) is 0 Å². The predicted molar refractivity (Wildman–Crippen MR) is 105 cm³/mol. The normalized spacial score (nSPS) is 24.1. The van der Waals surface area contributed by atoms with Gasteiger partial charge in [-0.2, -0.15) is 0 Å². The van der Waals surface area contributed by atoms with E-state index in [1.807, 2.05) is 0 Å². The Morgan fingerprint density at radius 3 is 2.61 bits per heavy atom. The van der Waals surface area contributed by atoms with Gasteiger partial charge in [-0.25, -0.2) is 0 Å². The zero-order valence-corrected chi connectivity index (χ0v) is 16.2. The summed E-state index contributed by atoms with van der Waals surface area (Å²) in [5.74, 6) is -2.03. The van der Waals surface area contributed by atoms with E-state index in [1.54, 1.807) is 47.4 Å². The lowest BCUT2D eigenvalue weighted by Gasteiger charge is -2.43. The Kier molecular flexibility index (Phi) is 5.19. The van der Waals surface area contributed by atoms with E-state index in [0.717, 1.165) is 0 Å². The fourth-order valence-electron chi connectivity index (χ4n) is 4.09. The minimum absolute atomic E-state index is 0.225. The van der Waals surface area contributed by atoms with Gasteiger partial charge in [-0.05, 0) is 35.7 Å². The number of carbonyl (C=O) groups excluding carboxylic acids is 2. The number of hydrogen-bond donors (Lipinski definition) is 0. The van der Waals surface area contributed by atoms with Crippen molar-refractivity contribution in [1.82, 2.24) is 4.90 Å². The number of halogens is 2. The summed E-state index contributed by atoms with van der Waals surface area (Å²) in [6.45, 7) is 0.868. The molecule has 3 atom stereocenters. The van der Waals surface area contributed by atoms with Crippen LogP contribution in [0.3, 0.4) is 0 Å². The van der Waals surface area contributed by atoms with Gasteiger partial charge >= 0.3 is 0 Å². The second kappa shape index (κ2) is 7.62. The Bertz CT molecular complexity index is 959. The van der Waals surface area contributed by atoms with E-state index in [9.17, 15) is 14.5 Å². The highest BCUT2D eigenvalue weighted by Crippen LogP contribution is 2.47. The van der Waals surface area contributed by atoms with Crippen LogP contribution in [-0.4, -0.2) is 36.0 Å². The summed E-state index contributed by atoms with van der Waals surface area (Å²) in [5, 5.41) is 3.44. The van der Waals surface area contributed by atoms with Crippen LogP contribution in [0.25, 0.3) is 0 Å². The van der Waals surface area contributed by atoms with Crippen LogP contribution >= 0.6 is 23.2 Å². The average molecular weight is 419 g/mol. The van der Waals surface area contributed by atoms with Crippen molar-refractivity contribution in [2.45, 2.75) is 24.4 Å². The molecule has 0 spiro atoms. The molecule has 6 nitrogen and oxygen atoms in total. The molecule has 1 saturated heterocycles. The minimum Gasteiger partial charge on any atom is -0.379 e. The minimum atomic E-state index is -0.953. The highest BCUT2D eigenvalue weighted by Gasteiger charge is 2.48. The SMILES string of the molecule is O=NC(=O)C1c2ccccc2C(=O)N(C2CCOC2)C1c1ccc(Cl)cc1Cl. The highest BCUT2D eigenvalue weighted by molar-refractivity contribution is 6.35. The predicted octanol–water partition coefficient (Wildman–Crippen LogP) is 4.36. The number of fused-ring (bicyclic) bond motifs is 1. The zero-order valence-electron chi connectivity index (χ0n) is 14.7. The van der Waals surface area contributed by atoms with E-state index in [1.165, 1.54) is 0 Å². The lowest BCUT2D eigenvalue weighted by molar-refractivity contribution is -0.121. The number of ether oxygens (including phenoxy) is 1. The molecule has 2 aliphatic heterocycles. The van der Waals surface area contributed by atoms with Crippen LogP contribution in [0.1, 0.15) is 39.9 Å². The zero-order chi connectivity index (χ0) is 19.8. The molecule has 8 heteroatoms. The molecule has 1 fully saturated rings. The van der Waals surface area contributed by atoms with Gasteiger partial charge in [0.25, 0.3) is 11.8 Å². The second-order valence-corrected chi connectivity index (χ2v) is 7.68. The average Bonchev–Trinajstić information content (AvgIpc) is 3.22. The number of carbonyl (C=O) groups is 2. The van der Waals surface area contributed by atoms with Gasteiger partial charge in [-0.3, -0.25) is 9.59 Å². The van der Waals surface area contributed by atoms with Gasteiger partial charge in [-0.1, -0.05) is 47.5 Å². The Morgan fingerprint density at radius 2 is 1.93 bits per heavy atom. The molecule has 2 aromatic rings. The molecule has 0 aliphatic carbocycles. The van der Waals surface area contributed by atoms with Crippen LogP contribution in [0.2, 0.25) is 10.0 Å². The molecule has 3 unspecified atom stereocenters. The standard InChI is InChI=1S/C20H16Cl2N2O4/c21-11-5-6-15(16(22)9-11)18-17(19(25)23-27)13-3-1-2-4-14(13)20(26)24(18)12-7-8-28-10-12/h1-6,9,12,17-18H,7-8,10H2. The summed E-state index contributed by atoms with van der Waals surface area (Å²) in [6, 6.07) is 10.7. The molecule has 2 heterocycles. The van der Waals surface area contributed by atoms with Crippen molar-refractivity contribution in [3.63, 3.8) is 0 Å². The molecule has 4 rings (SSSR count). The van der Waals surface area contributed by atoms with Crippen LogP contribution in [0.4, 0.5) is 0 Å². The van der Waals surface area contributed by atoms with Crippen molar-refractivity contribution in [1.29, 1.82) is 0 Å². The first kappa shape index (κ1) is 19.1. The first-order valence-corrected chi connectivity index (χ1v) is 9.60. The molecule has 2 amide bonds. The fourth-order valence-corrected chi connectivity index (χ4v) is 4.61. The molecule has 144 valence electrons. The van der Waals surface area contributed by atoms with E-state index in [4.69, 9.17) is 27.9 Å². The van der Waals surface area contributed by atoms with Crippen molar-refractivity contribution in [2.24, 2.45) is 5.18 Å². The number of nitroso groups, excluding NO2 is 1. The van der Waals surface area contributed by atoms with E-state index < -0.39 is 17.9 Å². The quantitative estimate of drug-likeness (QED) is 0.693. The Labute approximate surface area is 171 Å². The summed E-state index contributed by atoms with van der Waals surface area (Å²) >= 11 is 12.5. The third-order valence-corrected chi connectivity index (χ3v) is 5.87. The number of nitrogens with zero attached hydrogens (tertiary/aromatic N) is 2. The molecular weight excluding hydrogens is 403 g/mol. The van der Waals surface area contributed by atoms with E-state index in [0.29, 0.717) is 46.4 Å². The van der Waals surface area contributed by atoms with Crippen LogP contribution in [0.5, 0.6) is 0 Å². The van der Waals surface area contributed by atoms with Crippen molar-refractivity contribution in [3.8, 4) is 0 Å². The van der Waals surface area contributed by atoms with E-state index in [-0.39, 0.29) is 11.9 Å². The Morgan fingerprint density at radius 1 is 1.14 bits per heavy atom. The smallest absolute Gasteiger partial charge is 0.296 e. The first-order valence-electron chi connectivity index (χ1n) is 8.84. The molecule has 2 aromatic carbocycles. The van der Waals surface area contributed by atoms with Crippen LogP contribution in [0.15, 0.2) is 47.6 Å². The molecule has 0 saturated carbocycles. The van der Waals surface area contributed by atoms with Crippen molar-refractivity contribution < 1.29 is 14.3 Å². The van der Waals surface area contributed by atoms with Gasteiger partial charge < -0.3 is 9.64 Å². The molecule has 0 N–H and O–H groups in total. The highest BCUT2D eigenvalue weighted by atomic mass is 35.5. The van der Waals surface area contributed by atoms with Gasteiger partial charge in [0.1, 0.15) is 0 Å². The molecule has 2 aliphatic rings.